The van der Waals surface area contributed by atoms with Crippen molar-refractivity contribution < 1.29 is 4.74 Å². The van der Waals surface area contributed by atoms with E-state index in [2.05, 4.69) is 37.1 Å². The Morgan fingerprint density at radius 1 is 1.11 bits per heavy atom. The number of hydrogen-bond donors (Lipinski definition) is 1. The Kier molecular flexibility index (Phi) is 3.95. The second-order valence-corrected chi connectivity index (χ2v) is 4.70. The summed E-state index contributed by atoms with van der Waals surface area (Å²) in [5.41, 5.74) is 10.3. The van der Waals surface area contributed by atoms with E-state index in [4.69, 9.17) is 10.5 Å². The van der Waals surface area contributed by atoms with E-state index in [-0.39, 0.29) is 0 Å². The average molecular weight is 256 g/mol. The molecule has 0 aliphatic rings. The minimum atomic E-state index is 0.832. The lowest BCUT2D eigenvalue weighted by Crippen LogP contribution is -2.17. The summed E-state index contributed by atoms with van der Waals surface area (Å²) in [6.45, 7) is 2.89. The van der Waals surface area contributed by atoms with E-state index < -0.39 is 0 Å². The van der Waals surface area contributed by atoms with Crippen LogP contribution < -0.4 is 15.4 Å². The van der Waals surface area contributed by atoms with Crippen molar-refractivity contribution >= 4 is 11.4 Å². The molecule has 0 atom stereocenters. The number of benzene rings is 2. The molecule has 0 fully saturated rings. The van der Waals surface area contributed by atoms with E-state index in [1.165, 1.54) is 5.56 Å². The van der Waals surface area contributed by atoms with Gasteiger partial charge in [0.1, 0.15) is 5.75 Å². The van der Waals surface area contributed by atoms with Gasteiger partial charge in [0.15, 0.2) is 0 Å². The fourth-order valence-electron chi connectivity index (χ4n) is 2.14. The summed E-state index contributed by atoms with van der Waals surface area (Å²) < 4.78 is 5.16. The van der Waals surface area contributed by atoms with Crippen LogP contribution in [0.25, 0.3) is 0 Å². The molecular weight excluding hydrogens is 236 g/mol. The number of nitrogen functional groups attached to an aromatic ring is 1. The Labute approximate surface area is 114 Å². The topological polar surface area (TPSA) is 38.5 Å². The zero-order valence-electron chi connectivity index (χ0n) is 11.7. The van der Waals surface area contributed by atoms with Gasteiger partial charge in [-0.15, -0.1) is 0 Å². The largest absolute Gasteiger partial charge is 0.497 e. The van der Waals surface area contributed by atoms with Gasteiger partial charge in [-0.2, -0.15) is 0 Å². The zero-order valence-corrected chi connectivity index (χ0v) is 11.7. The molecular formula is C16H20N2O. The van der Waals surface area contributed by atoms with Crippen molar-refractivity contribution in [1.29, 1.82) is 0 Å². The number of nitrogens with two attached hydrogens (primary N) is 1. The highest BCUT2D eigenvalue weighted by molar-refractivity contribution is 5.63. The first kappa shape index (κ1) is 13.3. The van der Waals surface area contributed by atoms with E-state index in [0.717, 1.165) is 29.2 Å². The van der Waals surface area contributed by atoms with Gasteiger partial charge in [-0.05, 0) is 42.3 Å². The lowest BCUT2D eigenvalue weighted by Gasteiger charge is -2.22. The van der Waals surface area contributed by atoms with Crippen LogP contribution in [0.3, 0.4) is 0 Å². The second-order valence-electron chi connectivity index (χ2n) is 4.70. The Morgan fingerprint density at radius 2 is 1.79 bits per heavy atom. The highest BCUT2D eigenvalue weighted by atomic mass is 16.5. The minimum Gasteiger partial charge on any atom is -0.497 e. The maximum absolute atomic E-state index is 5.95. The molecule has 3 heteroatoms. The lowest BCUT2D eigenvalue weighted by atomic mass is 10.1. The maximum atomic E-state index is 5.95. The van der Waals surface area contributed by atoms with Gasteiger partial charge in [0.25, 0.3) is 0 Å². The first-order valence-corrected chi connectivity index (χ1v) is 6.31. The van der Waals surface area contributed by atoms with Crippen LogP contribution in [0.5, 0.6) is 5.75 Å². The number of anilines is 2. The van der Waals surface area contributed by atoms with Gasteiger partial charge in [-0.25, -0.2) is 0 Å². The van der Waals surface area contributed by atoms with Crippen molar-refractivity contribution in [3.05, 3.63) is 53.6 Å². The van der Waals surface area contributed by atoms with Gasteiger partial charge < -0.3 is 15.4 Å². The summed E-state index contributed by atoms with van der Waals surface area (Å²) >= 11 is 0. The van der Waals surface area contributed by atoms with Gasteiger partial charge in [-0.3, -0.25) is 0 Å². The molecule has 0 radical (unpaired) electrons. The van der Waals surface area contributed by atoms with Gasteiger partial charge in [0.05, 0.1) is 7.11 Å². The Hall–Kier alpha value is -2.16. The first-order valence-electron chi connectivity index (χ1n) is 6.31. The van der Waals surface area contributed by atoms with Crippen molar-refractivity contribution in [2.24, 2.45) is 0 Å². The van der Waals surface area contributed by atoms with Gasteiger partial charge in [0, 0.05) is 25.0 Å². The van der Waals surface area contributed by atoms with Crippen molar-refractivity contribution in [3.63, 3.8) is 0 Å². The standard InChI is InChI=1S/C16H20N2O/c1-12-15(17)5-4-6-16(12)18(2)11-13-7-9-14(19-3)10-8-13/h4-10H,11,17H2,1-3H3. The molecule has 0 aromatic heterocycles. The monoisotopic (exact) mass is 256 g/mol. The quantitative estimate of drug-likeness (QED) is 0.854. The van der Waals surface area contributed by atoms with Crippen molar-refractivity contribution in [3.8, 4) is 5.75 Å². The van der Waals surface area contributed by atoms with Crippen molar-refractivity contribution in [2.45, 2.75) is 13.5 Å². The van der Waals surface area contributed by atoms with E-state index in [0.29, 0.717) is 0 Å². The number of ether oxygens (including phenoxy) is 1. The number of rotatable bonds is 4. The van der Waals surface area contributed by atoms with E-state index >= 15 is 0 Å². The highest BCUT2D eigenvalue weighted by Crippen LogP contribution is 2.25. The second kappa shape index (κ2) is 5.65. The van der Waals surface area contributed by atoms with Crippen molar-refractivity contribution in [2.75, 3.05) is 24.8 Å². The maximum Gasteiger partial charge on any atom is 0.118 e. The van der Waals surface area contributed by atoms with E-state index in [1.807, 2.05) is 24.3 Å². The van der Waals surface area contributed by atoms with Gasteiger partial charge in [0.2, 0.25) is 0 Å². The van der Waals surface area contributed by atoms with Crippen LogP contribution in [0.15, 0.2) is 42.5 Å². The zero-order chi connectivity index (χ0) is 13.8. The summed E-state index contributed by atoms with van der Waals surface area (Å²) in [6, 6.07) is 14.1. The average Bonchev–Trinajstić information content (AvgIpc) is 2.42. The Bertz CT molecular complexity index is 549. The van der Waals surface area contributed by atoms with Crippen LogP contribution in [0, 0.1) is 6.92 Å². The first-order chi connectivity index (χ1) is 9.11. The van der Waals surface area contributed by atoms with Crippen LogP contribution in [0.1, 0.15) is 11.1 Å². The fraction of sp³-hybridized carbons (Fsp3) is 0.250. The minimum absolute atomic E-state index is 0.832. The molecule has 100 valence electrons. The van der Waals surface area contributed by atoms with E-state index in [9.17, 15) is 0 Å². The van der Waals surface area contributed by atoms with Gasteiger partial charge in [-0.1, -0.05) is 18.2 Å². The molecule has 19 heavy (non-hydrogen) atoms. The summed E-state index contributed by atoms with van der Waals surface area (Å²) in [5.74, 6) is 0.881. The van der Waals surface area contributed by atoms with Crippen LogP contribution >= 0.6 is 0 Å². The predicted molar refractivity (Wildman–Crippen MR) is 80.7 cm³/mol. The number of nitrogens with zero attached hydrogens (tertiary/aromatic N) is 1. The molecule has 2 N–H and O–H groups in total. The third-order valence-corrected chi connectivity index (χ3v) is 3.34. The SMILES string of the molecule is COc1ccc(CN(C)c2cccc(N)c2C)cc1. The van der Waals surface area contributed by atoms with Crippen LogP contribution in [-0.2, 0) is 6.54 Å². The molecule has 2 rings (SSSR count). The molecule has 3 nitrogen and oxygen atoms in total. The van der Waals surface area contributed by atoms with Crippen molar-refractivity contribution in [1.82, 2.24) is 0 Å². The molecule has 0 aliphatic heterocycles. The van der Waals surface area contributed by atoms with Gasteiger partial charge >= 0.3 is 0 Å². The van der Waals surface area contributed by atoms with E-state index in [1.54, 1.807) is 7.11 Å². The number of methoxy groups -OCH3 is 1. The molecule has 0 spiro atoms. The third-order valence-electron chi connectivity index (χ3n) is 3.34. The molecule has 0 aliphatic carbocycles. The van der Waals surface area contributed by atoms with Crippen LogP contribution in [-0.4, -0.2) is 14.2 Å². The summed E-state index contributed by atoms with van der Waals surface area (Å²) in [4.78, 5) is 2.20. The lowest BCUT2D eigenvalue weighted by molar-refractivity contribution is 0.414. The molecule has 0 saturated heterocycles. The Balaban J connectivity index is 2.15. The third kappa shape index (κ3) is 2.99. The smallest absolute Gasteiger partial charge is 0.118 e. The molecule has 0 heterocycles. The molecule has 0 amide bonds. The van der Waals surface area contributed by atoms with Crippen LogP contribution in [0.4, 0.5) is 11.4 Å². The fourth-order valence-corrected chi connectivity index (χ4v) is 2.14. The molecule has 0 unspecified atom stereocenters. The Morgan fingerprint density at radius 3 is 2.42 bits per heavy atom. The molecule has 2 aromatic rings. The summed E-state index contributed by atoms with van der Waals surface area (Å²) in [6.07, 6.45) is 0. The molecule has 2 aromatic carbocycles. The number of hydrogen-bond acceptors (Lipinski definition) is 3. The predicted octanol–water partition coefficient (Wildman–Crippen LogP) is 3.22. The normalized spacial score (nSPS) is 10.3. The molecule has 0 saturated carbocycles. The molecule has 0 bridgehead atoms. The highest BCUT2D eigenvalue weighted by Gasteiger charge is 2.07. The van der Waals surface area contributed by atoms with Crippen LogP contribution in [0.2, 0.25) is 0 Å². The summed E-state index contributed by atoms with van der Waals surface area (Å²) in [7, 11) is 3.75. The summed E-state index contributed by atoms with van der Waals surface area (Å²) in [5, 5.41) is 0.